The topological polar surface area (TPSA) is 61.9 Å². The maximum Gasteiger partial charge on any atom is 0.421 e. The molecule has 0 amide bonds. The molecule has 2 aromatic rings. The smallest absolute Gasteiger partial charge is 0.367 e. The minimum absolute atomic E-state index is 0.0694. The third-order valence-electron chi connectivity index (χ3n) is 4.11. The van der Waals surface area contributed by atoms with Crippen molar-refractivity contribution in [3.8, 4) is 0 Å². The number of nitrogens with one attached hydrogen (secondary N) is 3. The molecule has 1 aromatic heterocycles. The molecular formula is C16H16F3N5. The highest BCUT2D eigenvalue weighted by molar-refractivity contribution is 5.59. The van der Waals surface area contributed by atoms with E-state index < -0.39 is 11.7 Å². The van der Waals surface area contributed by atoms with E-state index in [0.29, 0.717) is 0 Å². The van der Waals surface area contributed by atoms with Crippen LogP contribution in [0.25, 0.3) is 0 Å². The van der Waals surface area contributed by atoms with Crippen molar-refractivity contribution in [2.45, 2.75) is 38.1 Å². The lowest BCUT2D eigenvalue weighted by Gasteiger charge is -2.14. The summed E-state index contributed by atoms with van der Waals surface area (Å²) >= 11 is 0. The molecule has 0 saturated heterocycles. The zero-order chi connectivity index (χ0) is 16.7. The fourth-order valence-corrected chi connectivity index (χ4v) is 2.68. The fraction of sp³-hybridized carbons (Fsp3) is 0.375. The molecule has 126 valence electrons. The lowest BCUT2D eigenvalue weighted by Crippen LogP contribution is -2.15. The standard InChI is InChI=1S/C16H16F3N5/c17-16(18,19)13-8-21-15(24-14(13)22-11-3-4-11)23-12-2-1-9-6-20-7-10(9)5-12/h1-2,5,8,11,20H,3-4,6-7H2,(H2,21,22,23,24). The second-order valence-corrected chi connectivity index (χ2v) is 6.08. The van der Waals surface area contributed by atoms with E-state index in [2.05, 4.69) is 25.9 Å². The van der Waals surface area contributed by atoms with Gasteiger partial charge in [-0.15, -0.1) is 0 Å². The van der Waals surface area contributed by atoms with Crippen molar-refractivity contribution >= 4 is 17.5 Å². The monoisotopic (exact) mass is 335 g/mol. The summed E-state index contributed by atoms with van der Waals surface area (Å²) in [5, 5.41) is 9.07. The highest BCUT2D eigenvalue weighted by atomic mass is 19.4. The summed E-state index contributed by atoms with van der Waals surface area (Å²) in [4.78, 5) is 7.86. The van der Waals surface area contributed by atoms with E-state index in [1.165, 1.54) is 11.1 Å². The summed E-state index contributed by atoms with van der Waals surface area (Å²) in [7, 11) is 0. The van der Waals surface area contributed by atoms with Crippen LogP contribution in [0, 0.1) is 0 Å². The minimum atomic E-state index is -4.48. The van der Waals surface area contributed by atoms with E-state index in [1.54, 1.807) is 0 Å². The molecule has 0 unspecified atom stereocenters. The number of hydrogen-bond acceptors (Lipinski definition) is 5. The van der Waals surface area contributed by atoms with E-state index in [1.807, 2.05) is 18.2 Å². The Balaban J connectivity index is 1.61. The van der Waals surface area contributed by atoms with Gasteiger partial charge in [0.25, 0.3) is 0 Å². The van der Waals surface area contributed by atoms with Crippen molar-refractivity contribution in [3.05, 3.63) is 41.1 Å². The Labute approximate surface area is 136 Å². The zero-order valence-corrected chi connectivity index (χ0v) is 12.7. The molecule has 4 rings (SSSR count). The third kappa shape index (κ3) is 3.14. The van der Waals surface area contributed by atoms with Crippen molar-refractivity contribution in [1.82, 2.24) is 15.3 Å². The van der Waals surface area contributed by atoms with Crippen LogP contribution < -0.4 is 16.0 Å². The first-order valence-electron chi connectivity index (χ1n) is 7.79. The Kier molecular flexibility index (Phi) is 3.56. The van der Waals surface area contributed by atoms with Gasteiger partial charge in [0.1, 0.15) is 11.4 Å². The van der Waals surface area contributed by atoms with Gasteiger partial charge in [-0.3, -0.25) is 0 Å². The molecule has 2 aliphatic rings. The number of hydrogen-bond donors (Lipinski definition) is 3. The third-order valence-corrected chi connectivity index (χ3v) is 4.11. The Bertz CT molecular complexity index is 771. The molecule has 8 heteroatoms. The predicted octanol–water partition coefficient (Wildman–Crippen LogP) is 3.42. The Morgan fingerprint density at radius 3 is 2.67 bits per heavy atom. The van der Waals surface area contributed by atoms with Crippen LogP contribution in [0.1, 0.15) is 29.5 Å². The maximum absolute atomic E-state index is 13.1. The highest BCUT2D eigenvalue weighted by Crippen LogP contribution is 2.36. The number of nitrogens with zero attached hydrogens (tertiary/aromatic N) is 2. The van der Waals surface area contributed by atoms with Gasteiger partial charge in [-0.25, -0.2) is 4.98 Å². The number of halogens is 3. The van der Waals surface area contributed by atoms with E-state index in [-0.39, 0.29) is 17.8 Å². The normalized spacial score (nSPS) is 16.8. The molecule has 0 radical (unpaired) electrons. The minimum Gasteiger partial charge on any atom is -0.367 e. The lowest BCUT2D eigenvalue weighted by molar-refractivity contribution is -0.137. The Morgan fingerprint density at radius 2 is 1.92 bits per heavy atom. The second kappa shape index (κ2) is 5.62. The molecule has 3 N–H and O–H groups in total. The summed E-state index contributed by atoms with van der Waals surface area (Å²) in [5.74, 6) is -0.0117. The highest BCUT2D eigenvalue weighted by Gasteiger charge is 2.36. The van der Waals surface area contributed by atoms with Gasteiger partial charge in [-0.05, 0) is 36.1 Å². The number of rotatable bonds is 4. The summed E-state index contributed by atoms with van der Waals surface area (Å²) in [5.41, 5.74) is 2.32. The largest absolute Gasteiger partial charge is 0.421 e. The molecule has 24 heavy (non-hydrogen) atoms. The van der Waals surface area contributed by atoms with Crippen LogP contribution in [-0.2, 0) is 19.3 Å². The van der Waals surface area contributed by atoms with Crippen LogP contribution in [0.3, 0.4) is 0 Å². The van der Waals surface area contributed by atoms with Crippen molar-refractivity contribution in [3.63, 3.8) is 0 Å². The van der Waals surface area contributed by atoms with Gasteiger partial charge in [-0.2, -0.15) is 18.2 Å². The molecule has 1 aliphatic heterocycles. The Hall–Kier alpha value is -2.35. The summed E-state index contributed by atoms with van der Waals surface area (Å²) in [6, 6.07) is 5.90. The van der Waals surface area contributed by atoms with Gasteiger partial charge < -0.3 is 16.0 Å². The van der Waals surface area contributed by atoms with Gasteiger partial charge in [0.15, 0.2) is 0 Å². The first-order chi connectivity index (χ1) is 11.5. The van der Waals surface area contributed by atoms with Gasteiger partial charge in [0.05, 0.1) is 0 Å². The number of benzene rings is 1. The molecule has 1 fully saturated rings. The fourth-order valence-electron chi connectivity index (χ4n) is 2.68. The molecular weight excluding hydrogens is 319 g/mol. The van der Waals surface area contributed by atoms with E-state index in [4.69, 9.17) is 0 Å². The summed E-state index contributed by atoms with van der Waals surface area (Å²) < 4.78 is 39.2. The number of anilines is 3. The number of aromatic nitrogens is 2. The SMILES string of the molecule is FC(F)(F)c1cnc(Nc2ccc3c(c2)CNC3)nc1NC1CC1. The van der Waals surface area contributed by atoms with E-state index >= 15 is 0 Å². The van der Waals surface area contributed by atoms with Crippen LogP contribution >= 0.6 is 0 Å². The van der Waals surface area contributed by atoms with Crippen LogP contribution in [0.5, 0.6) is 0 Å². The van der Waals surface area contributed by atoms with Crippen molar-refractivity contribution in [2.75, 3.05) is 10.6 Å². The van der Waals surface area contributed by atoms with Crippen molar-refractivity contribution in [2.24, 2.45) is 0 Å². The van der Waals surface area contributed by atoms with Crippen LogP contribution in [-0.4, -0.2) is 16.0 Å². The second-order valence-electron chi connectivity index (χ2n) is 6.08. The summed E-state index contributed by atoms with van der Waals surface area (Å²) in [6.07, 6.45) is -1.92. The van der Waals surface area contributed by atoms with Gasteiger partial charge in [-0.1, -0.05) is 6.07 Å². The first-order valence-corrected chi connectivity index (χ1v) is 7.79. The molecule has 0 spiro atoms. The summed E-state index contributed by atoms with van der Waals surface area (Å²) in [6.45, 7) is 1.62. The van der Waals surface area contributed by atoms with E-state index in [9.17, 15) is 13.2 Å². The molecule has 0 atom stereocenters. The molecule has 0 bridgehead atoms. The van der Waals surface area contributed by atoms with Crippen LogP contribution in [0.2, 0.25) is 0 Å². The van der Waals surface area contributed by atoms with Crippen molar-refractivity contribution < 1.29 is 13.2 Å². The Morgan fingerprint density at radius 1 is 1.12 bits per heavy atom. The first kappa shape index (κ1) is 15.2. The van der Waals surface area contributed by atoms with Gasteiger partial charge in [0, 0.05) is 31.0 Å². The zero-order valence-electron chi connectivity index (χ0n) is 12.7. The molecule has 1 saturated carbocycles. The van der Waals surface area contributed by atoms with E-state index in [0.717, 1.165) is 37.8 Å². The van der Waals surface area contributed by atoms with Crippen LogP contribution in [0.15, 0.2) is 24.4 Å². The van der Waals surface area contributed by atoms with Crippen molar-refractivity contribution in [1.29, 1.82) is 0 Å². The average molecular weight is 335 g/mol. The molecule has 2 heterocycles. The quantitative estimate of drug-likeness (QED) is 0.799. The number of alkyl halides is 3. The van der Waals surface area contributed by atoms with Gasteiger partial charge >= 0.3 is 6.18 Å². The maximum atomic E-state index is 13.1. The molecule has 5 nitrogen and oxygen atoms in total. The molecule has 1 aliphatic carbocycles. The average Bonchev–Trinajstić information content (AvgIpc) is 3.21. The molecule has 1 aromatic carbocycles. The van der Waals surface area contributed by atoms with Crippen LogP contribution in [0.4, 0.5) is 30.6 Å². The van der Waals surface area contributed by atoms with Gasteiger partial charge in [0.2, 0.25) is 5.95 Å². The number of fused-ring (bicyclic) bond motifs is 1. The lowest BCUT2D eigenvalue weighted by atomic mass is 10.1. The predicted molar refractivity (Wildman–Crippen MR) is 83.9 cm³/mol.